The lowest BCUT2D eigenvalue weighted by molar-refractivity contribution is -0.140. The summed E-state index contributed by atoms with van der Waals surface area (Å²) in [6.07, 6.45) is 10.8. The summed E-state index contributed by atoms with van der Waals surface area (Å²) in [4.78, 5) is 53.5. The Labute approximate surface area is 307 Å². The number of fused-ring (bicyclic) bond motifs is 1. The SMILES string of the molecule is CCCC1OCC1N1CCN(c2ccc(Nc3cc(-c4cncc(-n5ncc6cc(C(C)(C)C)cc(F)c6c5=O)c4C=O)cn(C)c3=O)nc2)C(C)C1. The van der Waals surface area contributed by atoms with E-state index in [2.05, 4.69) is 44.0 Å². The average molecular weight is 721 g/mol. The predicted molar refractivity (Wildman–Crippen MR) is 204 cm³/mol. The molecule has 13 heteroatoms. The Kier molecular flexibility index (Phi) is 9.73. The maximum atomic E-state index is 15.4. The molecule has 2 aliphatic rings. The van der Waals surface area contributed by atoms with Crippen LogP contribution >= 0.6 is 0 Å². The molecule has 2 fully saturated rings. The van der Waals surface area contributed by atoms with Gasteiger partial charge in [-0.25, -0.2) is 9.37 Å². The van der Waals surface area contributed by atoms with Crippen LogP contribution in [0.3, 0.4) is 0 Å². The van der Waals surface area contributed by atoms with Gasteiger partial charge < -0.3 is 19.5 Å². The van der Waals surface area contributed by atoms with E-state index in [0.717, 1.165) is 55.0 Å². The molecule has 2 aliphatic heterocycles. The molecule has 7 rings (SSSR count). The van der Waals surface area contributed by atoms with E-state index in [1.807, 2.05) is 39.1 Å². The summed E-state index contributed by atoms with van der Waals surface area (Å²) in [5.41, 5.74) is 1.64. The van der Waals surface area contributed by atoms with E-state index in [-0.39, 0.29) is 33.3 Å². The number of halogens is 1. The highest BCUT2D eigenvalue weighted by Gasteiger charge is 2.39. The molecule has 53 heavy (non-hydrogen) atoms. The van der Waals surface area contributed by atoms with Crippen LogP contribution in [0, 0.1) is 5.82 Å². The van der Waals surface area contributed by atoms with Crippen LogP contribution in [0.1, 0.15) is 63.4 Å². The molecular formula is C40H45FN8O4. The zero-order valence-electron chi connectivity index (χ0n) is 31.0. The van der Waals surface area contributed by atoms with Crippen LogP contribution in [0.4, 0.5) is 21.6 Å². The van der Waals surface area contributed by atoms with Crippen LogP contribution in [0.5, 0.6) is 0 Å². The van der Waals surface area contributed by atoms with Gasteiger partial charge in [0.25, 0.3) is 11.1 Å². The normalized spacial score (nSPS) is 19.3. The van der Waals surface area contributed by atoms with Gasteiger partial charge in [0.15, 0.2) is 6.29 Å². The number of hydrogen-bond donors (Lipinski definition) is 1. The Bertz CT molecular complexity index is 2300. The monoisotopic (exact) mass is 720 g/mol. The number of anilines is 3. The molecule has 6 heterocycles. The van der Waals surface area contributed by atoms with Gasteiger partial charge in [0, 0.05) is 61.6 Å². The number of aromatic nitrogens is 5. The molecule has 1 N–H and O–H groups in total. The highest BCUT2D eigenvalue weighted by Crippen LogP contribution is 2.31. The Morgan fingerprint density at radius 2 is 1.87 bits per heavy atom. The van der Waals surface area contributed by atoms with E-state index >= 15 is 4.39 Å². The van der Waals surface area contributed by atoms with Crippen molar-refractivity contribution in [3.63, 3.8) is 0 Å². The number of carbonyl (C=O) groups excluding carboxylic acids is 1. The molecule has 4 aromatic heterocycles. The summed E-state index contributed by atoms with van der Waals surface area (Å²) >= 11 is 0. The van der Waals surface area contributed by atoms with E-state index in [1.54, 1.807) is 25.4 Å². The van der Waals surface area contributed by atoms with Gasteiger partial charge in [0.05, 0.1) is 59.7 Å². The minimum Gasteiger partial charge on any atom is -0.375 e. The van der Waals surface area contributed by atoms with Gasteiger partial charge in [0.2, 0.25) is 0 Å². The first kappa shape index (κ1) is 36.1. The molecule has 0 saturated carbocycles. The fourth-order valence-electron chi connectivity index (χ4n) is 7.43. The fourth-order valence-corrected chi connectivity index (χ4v) is 7.43. The second kappa shape index (κ2) is 14.3. The number of ether oxygens (including phenoxy) is 1. The second-order valence-electron chi connectivity index (χ2n) is 15.1. The minimum atomic E-state index is -0.718. The molecule has 3 atom stereocenters. The third-order valence-electron chi connectivity index (χ3n) is 10.5. The van der Waals surface area contributed by atoms with Crippen molar-refractivity contribution in [2.24, 2.45) is 7.05 Å². The van der Waals surface area contributed by atoms with Crippen LogP contribution in [0.25, 0.3) is 27.6 Å². The number of rotatable bonds is 9. The topological polar surface area (TPSA) is 127 Å². The van der Waals surface area contributed by atoms with Gasteiger partial charge >= 0.3 is 0 Å². The molecule has 0 amide bonds. The van der Waals surface area contributed by atoms with Crippen molar-refractivity contribution >= 4 is 34.3 Å². The van der Waals surface area contributed by atoms with Crippen LogP contribution in [-0.2, 0) is 17.2 Å². The molecule has 1 aromatic carbocycles. The minimum absolute atomic E-state index is 0.0844. The van der Waals surface area contributed by atoms with Crippen molar-refractivity contribution in [1.82, 2.24) is 29.2 Å². The number of nitrogens with zero attached hydrogens (tertiary/aromatic N) is 7. The molecule has 0 bridgehead atoms. The number of aldehydes is 1. The van der Waals surface area contributed by atoms with Crippen LogP contribution < -0.4 is 21.3 Å². The number of benzene rings is 1. The van der Waals surface area contributed by atoms with Crippen LogP contribution in [0.15, 0.2) is 70.9 Å². The van der Waals surface area contributed by atoms with Crippen LogP contribution in [-0.4, -0.2) is 79.9 Å². The quantitative estimate of drug-likeness (QED) is 0.192. The van der Waals surface area contributed by atoms with E-state index in [4.69, 9.17) is 4.74 Å². The zero-order chi connectivity index (χ0) is 37.6. The molecule has 12 nitrogen and oxygen atoms in total. The summed E-state index contributed by atoms with van der Waals surface area (Å²) < 4.78 is 23.6. The fraction of sp³-hybridized carbons (Fsp3) is 0.400. The number of carbonyl (C=O) groups is 1. The van der Waals surface area contributed by atoms with E-state index in [0.29, 0.717) is 46.8 Å². The summed E-state index contributed by atoms with van der Waals surface area (Å²) in [5.74, 6) is -0.188. The smallest absolute Gasteiger partial charge is 0.282 e. The number of aryl methyl sites for hydroxylation is 1. The number of pyridine rings is 3. The Balaban J connectivity index is 1.14. The zero-order valence-corrected chi connectivity index (χ0v) is 31.0. The maximum absolute atomic E-state index is 15.4. The highest BCUT2D eigenvalue weighted by atomic mass is 19.1. The highest BCUT2D eigenvalue weighted by molar-refractivity contribution is 5.92. The lowest BCUT2D eigenvalue weighted by atomic mass is 9.86. The molecule has 3 unspecified atom stereocenters. The van der Waals surface area contributed by atoms with Crippen molar-refractivity contribution in [2.45, 2.75) is 71.1 Å². The summed E-state index contributed by atoms with van der Waals surface area (Å²) in [5, 5.41) is 7.69. The summed E-state index contributed by atoms with van der Waals surface area (Å²) in [7, 11) is 1.61. The lowest BCUT2D eigenvalue weighted by Gasteiger charge is -2.50. The van der Waals surface area contributed by atoms with Crippen molar-refractivity contribution < 1.29 is 13.9 Å². The van der Waals surface area contributed by atoms with Gasteiger partial charge in [-0.1, -0.05) is 34.1 Å². The predicted octanol–water partition coefficient (Wildman–Crippen LogP) is 5.61. The van der Waals surface area contributed by atoms with E-state index in [9.17, 15) is 14.4 Å². The second-order valence-corrected chi connectivity index (χ2v) is 15.1. The largest absolute Gasteiger partial charge is 0.375 e. The van der Waals surface area contributed by atoms with Crippen molar-refractivity contribution in [2.75, 3.05) is 36.5 Å². The molecule has 2 saturated heterocycles. The molecule has 0 aliphatic carbocycles. The number of hydrogen-bond acceptors (Lipinski definition) is 10. The Morgan fingerprint density at radius 1 is 1.06 bits per heavy atom. The number of piperazine rings is 1. The molecule has 5 aromatic rings. The van der Waals surface area contributed by atoms with Crippen LogP contribution in [0.2, 0.25) is 0 Å². The first-order valence-corrected chi connectivity index (χ1v) is 18.1. The summed E-state index contributed by atoms with van der Waals surface area (Å²) in [6, 6.07) is 9.37. The molecule has 276 valence electrons. The first-order valence-electron chi connectivity index (χ1n) is 18.1. The van der Waals surface area contributed by atoms with Gasteiger partial charge in [0.1, 0.15) is 17.3 Å². The van der Waals surface area contributed by atoms with E-state index in [1.165, 1.54) is 29.2 Å². The van der Waals surface area contributed by atoms with Crippen molar-refractivity contribution in [1.29, 1.82) is 0 Å². The van der Waals surface area contributed by atoms with Gasteiger partial charge in [-0.3, -0.25) is 24.3 Å². The summed E-state index contributed by atoms with van der Waals surface area (Å²) in [6.45, 7) is 13.9. The lowest BCUT2D eigenvalue weighted by Crippen LogP contribution is -2.63. The first-order chi connectivity index (χ1) is 25.4. The van der Waals surface area contributed by atoms with Gasteiger partial charge in [-0.05, 0) is 54.7 Å². The molecule has 0 spiro atoms. The Hall–Kier alpha value is -5.27. The van der Waals surface area contributed by atoms with Crippen molar-refractivity contribution in [3.05, 3.63) is 99.0 Å². The van der Waals surface area contributed by atoms with E-state index < -0.39 is 11.4 Å². The van der Waals surface area contributed by atoms with Gasteiger partial charge in [-0.15, -0.1) is 0 Å². The standard InChI is InChI=1S/C40H45FN8O4/c1-7-8-35-34(23-53-35)47-11-12-48(24(2)20-47)28-9-10-36(43-17-28)45-32-14-26(21-46(6)38(32)51)29-18-42-19-33(30(29)22-50)49-39(52)37-25(16-44-49)13-27(15-31(37)41)40(3,4)5/h9-10,13-19,21-22,24,34-35H,7-8,11-12,20,23H2,1-6H3,(H,43,45). The molecular weight excluding hydrogens is 675 g/mol. The van der Waals surface area contributed by atoms with Crippen molar-refractivity contribution in [3.8, 4) is 16.8 Å². The average Bonchev–Trinajstić information content (AvgIpc) is 3.11. The van der Waals surface area contributed by atoms with Gasteiger partial charge in [-0.2, -0.15) is 9.78 Å². The maximum Gasteiger partial charge on any atom is 0.282 e. The third kappa shape index (κ3) is 6.86. The third-order valence-corrected chi connectivity index (χ3v) is 10.5. The molecule has 0 radical (unpaired) electrons. The Morgan fingerprint density at radius 3 is 2.53 bits per heavy atom. The number of nitrogens with one attached hydrogen (secondary N) is 1.